The topological polar surface area (TPSA) is 49.4 Å². The third-order valence-electron chi connectivity index (χ3n) is 4.24. The summed E-state index contributed by atoms with van der Waals surface area (Å²) in [5.41, 5.74) is -0.0918. The lowest BCUT2D eigenvalue weighted by Crippen LogP contribution is -2.57. The summed E-state index contributed by atoms with van der Waals surface area (Å²) in [7, 11) is 0. The molecule has 1 N–H and O–H groups in total. The number of amides is 2. The Bertz CT molecular complexity index is 618. The number of hydrogen-bond donors (Lipinski definition) is 1. The lowest BCUT2D eigenvalue weighted by molar-refractivity contribution is -0.130. The number of nitrogens with zero attached hydrogens (tertiary/aromatic N) is 1. The van der Waals surface area contributed by atoms with Crippen LogP contribution in [0.2, 0.25) is 5.02 Å². The van der Waals surface area contributed by atoms with E-state index in [1.165, 1.54) is 0 Å². The third kappa shape index (κ3) is 2.69. The molecule has 1 aliphatic carbocycles. The maximum Gasteiger partial charge on any atom is 0.252 e. The Hall–Kier alpha value is -1.07. The Balaban J connectivity index is 2.02. The van der Waals surface area contributed by atoms with Crippen molar-refractivity contribution in [3.63, 3.8) is 0 Å². The molecular formula is C15H16BrClN2O2. The lowest BCUT2D eigenvalue weighted by atomic mass is 9.94. The first-order valence-electron chi connectivity index (χ1n) is 7.00. The standard InChI is InChI=1S/C15H16BrClN2O2/c1-15(9-2-3-9)14(21)19(7-6-13(20)18-15)12-8-10(17)4-5-11(12)16/h4-5,8-9H,2-3,6-7H2,1H3,(H,18,20). The minimum absolute atomic E-state index is 0.0567. The van der Waals surface area contributed by atoms with Crippen LogP contribution >= 0.6 is 27.5 Å². The van der Waals surface area contributed by atoms with E-state index in [4.69, 9.17) is 11.6 Å². The highest BCUT2D eigenvalue weighted by Gasteiger charge is 2.51. The van der Waals surface area contributed by atoms with Crippen LogP contribution < -0.4 is 10.2 Å². The second kappa shape index (κ2) is 5.29. The van der Waals surface area contributed by atoms with Crippen LogP contribution in [0.5, 0.6) is 0 Å². The number of rotatable bonds is 2. The van der Waals surface area contributed by atoms with E-state index in [0.29, 0.717) is 18.0 Å². The van der Waals surface area contributed by atoms with E-state index in [1.54, 1.807) is 17.0 Å². The van der Waals surface area contributed by atoms with Gasteiger partial charge in [0.2, 0.25) is 5.91 Å². The monoisotopic (exact) mass is 370 g/mol. The molecular weight excluding hydrogens is 356 g/mol. The summed E-state index contributed by atoms with van der Waals surface area (Å²) >= 11 is 9.52. The van der Waals surface area contributed by atoms with Gasteiger partial charge < -0.3 is 10.2 Å². The fourth-order valence-corrected chi connectivity index (χ4v) is 3.49. The molecule has 0 bridgehead atoms. The molecule has 112 valence electrons. The van der Waals surface area contributed by atoms with Gasteiger partial charge in [-0.15, -0.1) is 0 Å². The normalized spacial score (nSPS) is 26.5. The molecule has 3 rings (SSSR count). The van der Waals surface area contributed by atoms with Crippen molar-refractivity contribution in [3.8, 4) is 0 Å². The van der Waals surface area contributed by atoms with E-state index in [0.717, 1.165) is 23.0 Å². The van der Waals surface area contributed by atoms with Crippen molar-refractivity contribution in [1.29, 1.82) is 0 Å². The number of hydrogen-bond acceptors (Lipinski definition) is 2. The van der Waals surface area contributed by atoms with E-state index < -0.39 is 5.54 Å². The molecule has 1 aromatic rings. The fraction of sp³-hybridized carbons (Fsp3) is 0.467. The van der Waals surface area contributed by atoms with Crippen molar-refractivity contribution < 1.29 is 9.59 Å². The molecule has 1 atom stereocenters. The van der Waals surface area contributed by atoms with Gasteiger partial charge in [-0.05, 0) is 59.8 Å². The molecule has 2 fully saturated rings. The van der Waals surface area contributed by atoms with E-state index in [2.05, 4.69) is 21.2 Å². The van der Waals surface area contributed by atoms with Crippen molar-refractivity contribution in [1.82, 2.24) is 5.32 Å². The predicted octanol–water partition coefficient (Wildman–Crippen LogP) is 3.12. The summed E-state index contributed by atoms with van der Waals surface area (Å²) in [5, 5.41) is 3.49. The van der Waals surface area contributed by atoms with Crippen molar-refractivity contribution >= 4 is 45.0 Å². The minimum atomic E-state index is -0.810. The molecule has 4 nitrogen and oxygen atoms in total. The predicted molar refractivity (Wildman–Crippen MR) is 85.4 cm³/mol. The van der Waals surface area contributed by atoms with Gasteiger partial charge in [0.15, 0.2) is 0 Å². The SMILES string of the molecule is CC1(C2CC2)NC(=O)CCN(c2cc(Cl)ccc2Br)C1=O. The van der Waals surface area contributed by atoms with Crippen LogP contribution in [-0.2, 0) is 9.59 Å². The molecule has 1 saturated heterocycles. The van der Waals surface area contributed by atoms with E-state index in [1.807, 2.05) is 13.0 Å². The number of anilines is 1. The maximum absolute atomic E-state index is 13.0. The molecule has 0 aromatic heterocycles. The largest absolute Gasteiger partial charge is 0.342 e. The summed E-state index contributed by atoms with van der Waals surface area (Å²) in [6.07, 6.45) is 2.26. The first kappa shape index (κ1) is 14.9. The summed E-state index contributed by atoms with van der Waals surface area (Å²) < 4.78 is 0.799. The minimum Gasteiger partial charge on any atom is -0.342 e. The van der Waals surface area contributed by atoms with Gasteiger partial charge in [0.1, 0.15) is 5.54 Å². The van der Waals surface area contributed by atoms with E-state index >= 15 is 0 Å². The van der Waals surface area contributed by atoms with Gasteiger partial charge in [0.05, 0.1) is 5.69 Å². The van der Waals surface area contributed by atoms with Crippen LogP contribution in [0.4, 0.5) is 5.69 Å². The average molecular weight is 372 g/mol. The smallest absolute Gasteiger partial charge is 0.252 e. The number of halogens is 2. The van der Waals surface area contributed by atoms with Gasteiger partial charge in [-0.25, -0.2) is 0 Å². The molecule has 2 aliphatic rings. The van der Waals surface area contributed by atoms with Crippen molar-refractivity contribution in [3.05, 3.63) is 27.7 Å². The first-order valence-corrected chi connectivity index (χ1v) is 8.17. The summed E-state index contributed by atoms with van der Waals surface area (Å²) in [4.78, 5) is 26.7. The Morgan fingerprint density at radius 2 is 2.10 bits per heavy atom. The van der Waals surface area contributed by atoms with Crippen LogP contribution in [0.3, 0.4) is 0 Å². The van der Waals surface area contributed by atoms with Gasteiger partial charge in [-0.3, -0.25) is 9.59 Å². The molecule has 1 unspecified atom stereocenters. The van der Waals surface area contributed by atoms with Gasteiger partial charge in [0, 0.05) is 22.5 Å². The van der Waals surface area contributed by atoms with Crippen molar-refractivity contribution in [2.75, 3.05) is 11.4 Å². The zero-order chi connectivity index (χ0) is 15.2. The Labute approximate surface area is 137 Å². The van der Waals surface area contributed by atoms with Crippen LogP contribution in [-0.4, -0.2) is 23.9 Å². The molecule has 0 spiro atoms. The Morgan fingerprint density at radius 3 is 2.76 bits per heavy atom. The average Bonchev–Trinajstić information content (AvgIpc) is 3.26. The molecule has 0 radical (unpaired) electrons. The zero-order valence-electron chi connectivity index (χ0n) is 11.7. The maximum atomic E-state index is 13.0. The number of carbonyl (C=O) groups excluding carboxylic acids is 2. The molecule has 1 saturated carbocycles. The van der Waals surface area contributed by atoms with Crippen molar-refractivity contribution in [2.24, 2.45) is 5.92 Å². The summed E-state index contributed by atoms with van der Waals surface area (Å²) in [6, 6.07) is 5.34. The van der Waals surface area contributed by atoms with E-state index in [9.17, 15) is 9.59 Å². The van der Waals surface area contributed by atoms with Crippen LogP contribution in [0.1, 0.15) is 26.2 Å². The molecule has 2 amide bonds. The van der Waals surface area contributed by atoms with Crippen LogP contribution in [0.25, 0.3) is 0 Å². The van der Waals surface area contributed by atoms with Gasteiger partial charge in [0.25, 0.3) is 5.91 Å². The van der Waals surface area contributed by atoms with Crippen LogP contribution in [0, 0.1) is 5.92 Å². The van der Waals surface area contributed by atoms with Crippen molar-refractivity contribution in [2.45, 2.75) is 31.7 Å². The molecule has 21 heavy (non-hydrogen) atoms. The van der Waals surface area contributed by atoms with E-state index in [-0.39, 0.29) is 17.7 Å². The third-order valence-corrected chi connectivity index (χ3v) is 5.15. The Morgan fingerprint density at radius 1 is 1.38 bits per heavy atom. The number of benzene rings is 1. The van der Waals surface area contributed by atoms with Gasteiger partial charge in [-0.2, -0.15) is 0 Å². The van der Waals surface area contributed by atoms with Crippen LogP contribution in [0.15, 0.2) is 22.7 Å². The summed E-state index contributed by atoms with van der Waals surface area (Å²) in [6.45, 7) is 2.20. The number of nitrogens with one attached hydrogen (secondary N) is 1. The fourth-order valence-electron chi connectivity index (χ4n) is 2.86. The van der Waals surface area contributed by atoms with Gasteiger partial charge >= 0.3 is 0 Å². The molecule has 1 aliphatic heterocycles. The molecule has 1 aromatic carbocycles. The highest BCUT2D eigenvalue weighted by atomic mass is 79.9. The number of carbonyl (C=O) groups is 2. The van der Waals surface area contributed by atoms with Gasteiger partial charge in [-0.1, -0.05) is 11.6 Å². The second-order valence-corrected chi connectivity index (χ2v) is 7.12. The lowest BCUT2D eigenvalue weighted by Gasteiger charge is -2.32. The first-order chi connectivity index (χ1) is 9.91. The zero-order valence-corrected chi connectivity index (χ0v) is 14.0. The Kier molecular flexibility index (Phi) is 3.74. The quantitative estimate of drug-likeness (QED) is 0.868. The molecule has 6 heteroatoms. The highest BCUT2D eigenvalue weighted by molar-refractivity contribution is 9.10. The highest BCUT2D eigenvalue weighted by Crippen LogP contribution is 2.42. The summed E-state index contributed by atoms with van der Waals surface area (Å²) in [5.74, 6) is 0.102. The molecule has 1 heterocycles. The second-order valence-electron chi connectivity index (χ2n) is 5.83.